The van der Waals surface area contributed by atoms with E-state index >= 15 is 0 Å². The maximum Gasteiger partial charge on any atom is 0.397 e. The van der Waals surface area contributed by atoms with E-state index in [1.807, 2.05) is 0 Å². The van der Waals surface area contributed by atoms with Gasteiger partial charge < -0.3 is 9.72 Å². The van der Waals surface area contributed by atoms with Gasteiger partial charge in [-0.1, -0.05) is 19.6 Å². The van der Waals surface area contributed by atoms with Crippen molar-refractivity contribution in [3.63, 3.8) is 0 Å². The van der Waals surface area contributed by atoms with E-state index in [-0.39, 0.29) is 23.5 Å². The number of halogens is 3. The summed E-state index contributed by atoms with van der Waals surface area (Å²) in [6.45, 7) is 7.97. The molecule has 0 amide bonds. The summed E-state index contributed by atoms with van der Waals surface area (Å²) in [7, 11) is -1.28. The lowest BCUT2D eigenvalue weighted by molar-refractivity contribution is -0.147. The van der Waals surface area contributed by atoms with Gasteiger partial charge in [-0.05, 0) is 13.0 Å². The molecule has 0 aliphatic rings. The zero-order valence-electron chi connectivity index (χ0n) is 14.1. The van der Waals surface area contributed by atoms with Crippen LogP contribution in [0.1, 0.15) is 18.5 Å². The van der Waals surface area contributed by atoms with Crippen molar-refractivity contribution in [2.75, 3.05) is 6.61 Å². The predicted molar refractivity (Wildman–Crippen MR) is 86.7 cm³/mol. The van der Waals surface area contributed by atoms with Gasteiger partial charge in [0.2, 0.25) is 0 Å². The number of nitrogens with zero attached hydrogens (tertiary/aromatic N) is 3. The number of rotatable bonds is 6. The van der Waals surface area contributed by atoms with Crippen LogP contribution >= 0.6 is 0 Å². The molecule has 0 aliphatic heterocycles. The molecule has 1 unspecified atom stereocenters. The maximum absolute atomic E-state index is 13.0. The number of hydrogen-bond donors (Lipinski definition) is 1. The Labute approximate surface area is 138 Å². The molecule has 1 N–H and O–H groups in total. The van der Waals surface area contributed by atoms with Crippen molar-refractivity contribution < 1.29 is 17.9 Å². The third-order valence-corrected chi connectivity index (χ3v) is 5.37. The third-order valence-electron chi connectivity index (χ3n) is 3.67. The van der Waals surface area contributed by atoms with E-state index in [1.165, 1.54) is 0 Å². The van der Waals surface area contributed by atoms with Crippen molar-refractivity contribution >= 4 is 19.1 Å². The second-order valence-corrected chi connectivity index (χ2v) is 12.5. The first kappa shape index (κ1) is 18.7. The molecule has 0 aliphatic carbocycles. The molecule has 2 heterocycles. The van der Waals surface area contributed by atoms with Crippen molar-refractivity contribution in [1.29, 1.82) is 0 Å². The van der Waals surface area contributed by atoms with Gasteiger partial charge in [-0.3, -0.25) is 4.79 Å². The summed E-state index contributed by atoms with van der Waals surface area (Å²) in [5.74, 6) is -1.82. The number of fused-ring (bicyclic) bond motifs is 1. The van der Waals surface area contributed by atoms with Gasteiger partial charge >= 0.3 is 6.18 Å². The van der Waals surface area contributed by atoms with Gasteiger partial charge in [0.1, 0.15) is 17.9 Å². The lowest BCUT2D eigenvalue weighted by Gasteiger charge is -2.15. The molecule has 0 fully saturated rings. The minimum absolute atomic E-state index is 0.00314. The van der Waals surface area contributed by atoms with E-state index in [4.69, 9.17) is 4.74 Å². The third kappa shape index (κ3) is 4.23. The monoisotopic (exact) mass is 362 g/mol. The van der Waals surface area contributed by atoms with Crippen LogP contribution in [-0.2, 0) is 11.5 Å². The van der Waals surface area contributed by atoms with Gasteiger partial charge in [0.25, 0.3) is 5.56 Å². The second-order valence-electron chi connectivity index (χ2n) is 6.92. The Morgan fingerprint density at radius 3 is 2.62 bits per heavy atom. The molecule has 0 radical (unpaired) electrons. The molecule has 0 saturated carbocycles. The molecule has 0 saturated heterocycles. The van der Waals surface area contributed by atoms with Crippen molar-refractivity contribution in [1.82, 2.24) is 19.7 Å². The number of aromatic amines is 1. The fourth-order valence-electron chi connectivity index (χ4n) is 2.12. The van der Waals surface area contributed by atoms with Crippen LogP contribution in [-0.4, -0.2) is 40.6 Å². The number of aromatic nitrogens is 4. The molecule has 1 atom stereocenters. The minimum Gasteiger partial charge on any atom is -0.360 e. The zero-order chi connectivity index (χ0) is 18.1. The SMILES string of the molecule is CC(c1nn(COCC[Si](C)(C)C)c2c(=O)[nH]cnc12)C(F)(F)F. The van der Waals surface area contributed by atoms with Gasteiger partial charge in [0, 0.05) is 14.7 Å². The zero-order valence-corrected chi connectivity index (χ0v) is 15.1. The highest BCUT2D eigenvalue weighted by Gasteiger charge is 2.40. The van der Waals surface area contributed by atoms with Crippen LogP contribution in [0.5, 0.6) is 0 Å². The molecule has 0 aromatic carbocycles. The van der Waals surface area contributed by atoms with Crippen LogP contribution in [0.3, 0.4) is 0 Å². The van der Waals surface area contributed by atoms with Crippen molar-refractivity contribution in [2.45, 2.75) is 51.4 Å². The Morgan fingerprint density at radius 1 is 1.38 bits per heavy atom. The highest BCUT2D eigenvalue weighted by atomic mass is 28.3. The standard InChI is InChI=1S/C14H21F3N4O2Si/c1-9(14(15,16)17)10-11-12(13(22)19-7-18-11)21(20-10)8-23-5-6-24(2,3)4/h7,9H,5-6,8H2,1-4H3,(H,18,19,22). The Morgan fingerprint density at radius 2 is 2.04 bits per heavy atom. The van der Waals surface area contributed by atoms with Crippen molar-refractivity contribution in [2.24, 2.45) is 0 Å². The van der Waals surface area contributed by atoms with E-state index in [0.29, 0.717) is 6.61 Å². The largest absolute Gasteiger partial charge is 0.397 e. The quantitative estimate of drug-likeness (QED) is 0.633. The molecular formula is C14H21F3N4O2Si. The summed E-state index contributed by atoms with van der Waals surface area (Å²) in [4.78, 5) is 18.2. The molecule has 6 nitrogen and oxygen atoms in total. The van der Waals surface area contributed by atoms with Crippen LogP contribution in [0.4, 0.5) is 13.2 Å². The summed E-state index contributed by atoms with van der Waals surface area (Å²) in [5.41, 5.74) is -0.853. The highest BCUT2D eigenvalue weighted by Crippen LogP contribution is 2.35. The minimum atomic E-state index is -4.46. The summed E-state index contributed by atoms with van der Waals surface area (Å²) in [5, 5.41) is 3.95. The summed E-state index contributed by atoms with van der Waals surface area (Å²) >= 11 is 0. The molecule has 0 bridgehead atoms. The van der Waals surface area contributed by atoms with Gasteiger partial charge in [-0.25, -0.2) is 9.67 Å². The first-order valence-corrected chi connectivity index (χ1v) is 11.3. The number of nitrogens with one attached hydrogen (secondary N) is 1. The topological polar surface area (TPSA) is 72.8 Å². The lowest BCUT2D eigenvalue weighted by atomic mass is 10.1. The van der Waals surface area contributed by atoms with E-state index in [0.717, 1.165) is 24.0 Å². The summed E-state index contributed by atoms with van der Waals surface area (Å²) in [6, 6.07) is 0.909. The highest BCUT2D eigenvalue weighted by molar-refractivity contribution is 6.76. The fourth-order valence-corrected chi connectivity index (χ4v) is 2.87. The molecule has 134 valence electrons. The number of ether oxygens (including phenoxy) is 1. The number of hydrogen-bond acceptors (Lipinski definition) is 4. The molecule has 24 heavy (non-hydrogen) atoms. The normalized spacial score (nSPS) is 14.3. The lowest BCUT2D eigenvalue weighted by Crippen LogP contribution is -2.22. The van der Waals surface area contributed by atoms with Crippen molar-refractivity contribution in [3.05, 3.63) is 22.4 Å². The van der Waals surface area contributed by atoms with E-state index in [9.17, 15) is 18.0 Å². The smallest absolute Gasteiger partial charge is 0.360 e. The molecule has 2 rings (SSSR count). The van der Waals surface area contributed by atoms with Crippen LogP contribution in [0.15, 0.2) is 11.1 Å². The average Bonchev–Trinajstić information content (AvgIpc) is 2.81. The Bertz CT molecular complexity index is 764. The second kappa shape index (κ2) is 6.67. The molecule has 10 heteroatoms. The van der Waals surface area contributed by atoms with E-state index < -0.39 is 25.7 Å². The van der Waals surface area contributed by atoms with Gasteiger partial charge in [-0.2, -0.15) is 18.3 Å². The van der Waals surface area contributed by atoms with Gasteiger partial charge in [0.05, 0.1) is 12.2 Å². The molecule has 2 aromatic heterocycles. The first-order valence-electron chi connectivity index (χ1n) is 7.59. The molecule has 0 spiro atoms. The summed E-state index contributed by atoms with van der Waals surface area (Å²) < 4.78 is 45.7. The predicted octanol–water partition coefficient (Wildman–Crippen LogP) is 3.10. The average molecular weight is 362 g/mol. The fraction of sp³-hybridized carbons (Fsp3) is 0.643. The van der Waals surface area contributed by atoms with Crippen LogP contribution in [0.2, 0.25) is 25.7 Å². The Kier molecular flexibility index (Phi) is 5.19. The van der Waals surface area contributed by atoms with Gasteiger partial charge in [-0.15, -0.1) is 0 Å². The number of alkyl halides is 3. The molecule has 2 aromatic rings. The maximum atomic E-state index is 13.0. The number of H-pyrrole nitrogens is 1. The van der Waals surface area contributed by atoms with Crippen LogP contribution in [0.25, 0.3) is 11.0 Å². The van der Waals surface area contributed by atoms with Crippen molar-refractivity contribution in [3.8, 4) is 0 Å². The van der Waals surface area contributed by atoms with E-state index in [2.05, 4.69) is 34.7 Å². The Balaban J connectivity index is 2.32. The van der Waals surface area contributed by atoms with Gasteiger partial charge in [0.15, 0.2) is 5.52 Å². The molecular weight excluding hydrogens is 341 g/mol. The summed E-state index contributed by atoms with van der Waals surface area (Å²) in [6.07, 6.45) is -3.38. The van der Waals surface area contributed by atoms with Crippen LogP contribution < -0.4 is 5.56 Å². The van der Waals surface area contributed by atoms with E-state index in [1.54, 1.807) is 0 Å². The first-order chi connectivity index (χ1) is 11.0. The van der Waals surface area contributed by atoms with Crippen LogP contribution in [0, 0.1) is 0 Å². The Hall–Kier alpha value is -1.68.